The number of hydrogen-bond acceptors (Lipinski definition) is 1. The number of allylic oxidation sites excluding steroid dienone is 1. The van der Waals surface area contributed by atoms with Crippen LogP contribution in [0.2, 0.25) is 0 Å². The molecule has 0 aliphatic heterocycles. The molecule has 0 heterocycles. The Morgan fingerprint density at radius 3 is 2.11 bits per heavy atom. The second-order valence-electron chi connectivity index (χ2n) is 2.62. The van der Waals surface area contributed by atoms with Gasteiger partial charge in [0.1, 0.15) is 0 Å². The van der Waals surface area contributed by atoms with Crippen LogP contribution >= 0.6 is 0 Å². The fraction of sp³-hybridized carbons (Fsp3) is 0.750. The third-order valence-electron chi connectivity index (χ3n) is 1.51. The van der Waals surface area contributed by atoms with E-state index >= 15 is 0 Å². The summed E-state index contributed by atoms with van der Waals surface area (Å²) in [4.78, 5) is 0. The van der Waals surface area contributed by atoms with Crippen molar-refractivity contribution in [2.45, 2.75) is 20.8 Å². The van der Waals surface area contributed by atoms with Crippen LogP contribution in [0.5, 0.6) is 0 Å². The second kappa shape index (κ2) is 4.57. The standard InChI is InChI=1S/C8H16O/c1-4-5-8(6-9)7(2)3/h4-5,7-9H,6H2,1-3H3/b5-4+. The smallest absolute Gasteiger partial charge is 0.0496 e. The molecule has 0 fully saturated rings. The van der Waals surface area contributed by atoms with Crippen molar-refractivity contribution in [1.82, 2.24) is 0 Å². The summed E-state index contributed by atoms with van der Waals surface area (Å²) in [5.41, 5.74) is 0. The van der Waals surface area contributed by atoms with Crippen LogP contribution in [0.1, 0.15) is 20.8 Å². The average molecular weight is 128 g/mol. The molecule has 0 saturated heterocycles. The first-order chi connectivity index (χ1) is 4.22. The highest BCUT2D eigenvalue weighted by Gasteiger charge is 2.05. The summed E-state index contributed by atoms with van der Waals surface area (Å²) < 4.78 is 0. The molecule has 0 bridgehead atoms. The zero-order chi connectivity index (χ0) is 7.28. The van der Waals surface area contributed by atoms with Crippen molar-refractivity contribution in [2.75, 3.05) is 6.61 Å². The van der Waals surface area contributed by atoms with Crippen LogP contribution in [0.3, 0.4) is 0 Å². The molecule has 0 rings (SSSR count). The van der Waals surface area contributed by atoms with Crippen molar-refractivity contribution in [3.05, 3.63) is 12.2 Å². The summed E-state index contributed by atoms with van der Waals surface area (Å²) in [6.07, 6.45) is 4.03. The minimum atomic E-state index is 0.266. The lowest BCUT2D eigenvalue weighted by Crippen LogP contribution is -2.09. The van der Waals surface area contributed by atoms with Crippen molar-refractivity contribution >= 4 is 0 Å². The van der Waals surface area contributed by atoms with Crippen LogP contribution in [0.4, 0.5) is 0 Å². The zero-order valence-corrected chi connectivity index (χ0v) is 6.46. The van der Waals surface area contributed by atoms with Crippen LogP contribution in [-0.4, -0.2) is 11.7 Å². The summed E-state index contributed by atoms with van der Waals surface area (Å²) in [7, 11) is 0. The van der Waals surface area contributed by atoms with Crippen LogP contribution < -0.4 is 0 Å². The van der Waals surface area contributed by atoms with E-state index in [1.807, 2.05) is 19.1 Å². The highest BCUT2D eigenvalue weighted by Crippen LogP contribution is 2.10. The molecule has 0 aromatic rings. The molecule has 0 aliphatic carbocycles. The molecule has 0 aliphatic rings. The van der Waals surface area contributed by atoms with Gasteiger partial charge in [-0.1, -0.05) is 26.0 Å². The van der Waals surface area contributed by atoms with E-state index in [1.165, 1.54) is 0 Å². The van der Waals surface area contributed by atoms with Gasteiger partial charge in [0.15, 0.2) is 0 Å². The summed E-state index contributed by atoms with van der Waals surface area (Å²) in [5, 5.41) is 8.78. The Bertz CT molecular complexity index is 84.6. The predicted molar refractivity (Wildman–Crippen MR) is 40.2 cm³/mol. The van der Waals surface area contributed by atoms with Crippen LogP contribution in [0.15, 0.2) is 12.2 Å². The molecular formula is C8H16O. The van der Waals surface area contributed by atoms with E-state index in [4.69, 9.17) is 5.11 Å². The lowest BCUT2D eigenvalue weighted by atomic mass is 9.97. The van der Waals surface area contributed by atoms with Crippen molar-refractivity contribution in [1.29, 1.82) is 0 Å². The van der Waals surface area contributed by atoms with Crippen molar-refractivity contribution in [3.63, 3.8) is 0 Å². The topological polar surface area (TPSA) is 20.2 Å². The first-order valence-corrected chi connectivity index (χ1v) is 3.46. The van der Waals surface area contributed by atoms with Crippen molar-refractivity contribution in [2.24, 2.45) is 11.8 Å². The highest BCUT2D eigenvalue weighted by molar-refractivity contribution is 4.86. The van der Waals surface area contributed by atoms with Gasteiger partial charge in [-0.25, -0.2) is 0 Å². The lowest BCUT2D eigenvalue weighted by molar-refractivity contribution is 0.221. The molecule has 0 spiro atoms. The minimum absolute atomic E-state index is 0.266. The van der Waals surface area contributed by atoms with E-state index in [0.717, 1.165) is 0 Å². The summed E-state index contributed by atoms with van der Waals surface area (Å²) in [6.45, 7) is 6.47. The molecule has 1 N–H and O–H groups in total. The van der Waals surface area contributed by atoms with Crippen LogP contribution in [-0.2, 0) is 0 Å². The van der Waals surface area contributed by atoms with E-state index in [9.17, 15) is 0 Å². The maximum absolute atomic E-state index is 8.78. The van der Waals surface area contributed by atoms with Gasteiger partial charge in [0.05, 0.1) is 0 Å². The monoisotopic (exact) mass is 128 g/mol. The van der Waals surface area contributed by atoms with Gasteiger partial charge in [0.25, 0.3) is 0 Å². The molecule has 0 amide bonds. The molecule has 1 atom stereocenters. The Balaban J connectivity index is 3.68. The average Bonchev–Trinajstić information content (AvgIpc) is 1.82. The minimum Gasteiger partial charge on any atom is -0.396 e. The van der Waals surface area contributed by atoms with Crippen molar-refractivity contribution in [3.8, 4) is 0 Å². The van der Waals surface area contributed by atoms with Gasteiger partial charge in [-0.2, -0.15) is 0 Å². The molecule has 0 radical (unpaired) electrons. The SMILES string of the molecule is C/C=C/C(CO)C(C)C. The first-order valence-electron chi connectivity index (χ1n) is 3.46. The Morgan fingerprint density at radius 2 is 2.00 bits per heavy atom. The Morgan fingerprint density at radius 1 is 1.44 bits per heavy atom. The maximum atomic E-state index is 8.78. The van der Waals surface area contributed by atoms with Crippen LogP contribution in [0, 0.1) is 11.8 Å². The number of hydrogen-bond donors (Lipinski definition) is 1. The molecule has 54 valence electrons. The van der Waals surface area contributed by atoms with E-state index in [-0.39, 0.29) is 6.61 Å². The molecular weight excluding hydrogens is 112 g/mol. The third kappa shape index (κ3) is 3.31. The summed E-state index contributed by atoms with van der Waals surface area (Å²) in [5.74, 6) is 0.890. The quantitative estimate of drug-likeness (QED) is 0.575. The van der Waals surface area contributed by atoms with Crippen molar-refractivity contribution < 1.29 is 5.11 Å². The lowest BCUT2D eigenvalue weighted by Gasteiger charge is -2.12. The highest BCUT2D eigenvalue weighted by atomic mass is 16.3. The second-order valence-corrected chi connectivity index (χ2v) is 2.62. The molecule has 1 unspecified atom stereocenters. The molecule has 1 nitrogen and oxygen atoms in total. The van der Waals surface area contributed by atoms with Gasteiger partial charge in [0, 0.05) is 12.5 Å². The number of aliphatic hydroxyl groups is 1. The third-order valence-corrected chi connectivity index (χ3v) is 1.51. The Labute approximate surface area is 57.4 Å². The van der Waals surface area contributed by atoms with Gasteiger partial charge in [0.2, 0.25) is 0 Å². The van der Waals surface area contributed by atoms with Gasteiger partial charge in [-0.05, 0) is 12.8 Å². The zero-order valence-electron chi connectivity index (χ0n) is 6.46. The Kier molecular flexibility index (Phi) is 4.41. The predicted octanol–water partition coefficient (Wildman–Crippen LogP) is 1.83. The van der Waals surface area contributed by atoms with E-state index in [1.54, 1.807) is 0 Å². The normalized spacial score (nSPS) is 15.2. The van der Waals surface area contributed by atoms with Gasteiger partial charge >= 0.3 is 0 Å². The van der Waals surface area contributed by atoms with E-state index in [2.05, 4.69) is 13.8 Å². The van der Waals surface area contributed by atoms with Gasteiger partial charge in [-0.3, -0.25) is 0 Å². The summed E-state index contributed by atoms with van der Waals surface area (Å²) >= 11 is 0. The maximum Gasteiger partial charge on any atom is 0.0496 e. The molecule has 1 heteroatoms. The fourth-order valence-electron chi connectivity index (χ4n) is 0.741. The summed E-state index contributed by atoms with van der Waals surface area (Å²) in [6, 6.07) is 0. The number of rotatable bonds is 3. The van der Waals surface area contributed by atoms with Gasteiger partial charge in [-0.15, -0.1) is 0 Å². The fourth-order valence-corrected chi connectivity index (χ4v) is 0.741. The molecule has 0 aromatic carbocycles. The molecule has 9 heavy (non-hydrogen) atoms. The number of aliphatic hydroxyl groups excluding tert-OH is 1. The largest absolute Gasteiger partial charge is 0.396 e. The first kappa shape index (κ1) is 8.70. The van der Waals surface area contributed by atoms with E-state index < -0.39 is 0 Å². The van der Waals surface area contributed by atoms with Gasteiger partial charge < -0.3 is 5.11 Å². The van der Waals surface area contributed by atoms with E-state index in [0.29, 0.717) is 11.8 Å². The molecule has 0 saturated carbocycles. The van der Waals surface area contributed by atoms with Crippen LogP contribution in [0.25, 0.3) is 0 Å². The Hall–Kier alpha value is -0.300. The molecule has 0 aromatic heterocycles.